The first-order chi connectivity index (χ1) is 17.1. The molecule has 9 heteroatoms. The lowest BCUT2D eigenvalue weighted by atomic mass is 10.1. The minimum Gasteiger partial charge on any atom is -0.379 e. The second-order valence-electron chi connectivity index (χ2n) is 10.7. The number of hydrogen-bond acceptors (Lipinski definition) is 6. The molecule has 0 aliphatic heterocycles. The SMILES string of the molecule is CCOCCOCC(=O)CCCC[N+](C)(C)CCCC[N+](C)(C)CCCNC(=O)COCCOCC. The van der Waals surface area contributed by atoms with E-state index in [0.29, 0.717) is 52.6 Å². The highest BCUT2D eigenvalue weighted by Crippen LogP contribution is 2.09. The van der Waals surface area contributed by atoms with Crippen molar-refractivity contribution in [2.45, 2.75) is 52.4 Å². The molecule has 0 aromatic heterocycles. The molecule has 0 aliphatic rings. The zero-order chi connectivity index (χ0) is 27.1. The average molecular weight is 520 g/mol. The van der Waals surface area contributed by atoms with E-state index in [0.717, 1.165) is 54.4 Å². The third kappa shape index (κ3) is 23.3. The van der Waals surface area contributed by atoms with Gasteiger partial charge in [-0.1, -0.05) is 0 Å². The number of Topliss-reactive ketones (excluding diaryl/α,β-unsaturated/α-hetero) is 1. The molecule has 0 saturated heterocycles. The average Bonchev–Trinajstić information content (AvgIpc) is 2.82. The van der Waals surface area contributed by atoms with Crippen molar-refractivity contribution in [2.75, 3.05) is 114 Å². The van der Waals surface area contributed by atoms with Crippen LogP contribution in [0.15, 0.2) is 0 Å². The molecular weight excluding hydrogens is 462 g/mol. The summed E-state index contributed by atoms with van der Waals surface area (Å²) >= 11 is 0. The minimum atomic E-state index is -0.0629. The van der Waals surface area contributed by atoms with Crippen LogP contribution >= 0.6 is 0 Å². The molecule has 0 spiro atoms. The first kappa shape index (κ1) is 34.9. The standard InChI is InChI=1S/C27H56N3O6/c1-7-33-20-22-35-24-26(31)14-9-10-16-29(3,4)17-11-12-18-30(5,6)19-13-15-28-27(32)25-36-23-21-34-8-2/h7-25H2,1-6H3/q+1/p+1. The van der Waals surface area contributed by atoms with Crippen LogP contribution < -0.4 is 5.32 Å². The number of unbranched alkanes of at least 4 members (excludes halogenated alkanes) is 2. The molecular formula is C27H57N3O6+2. The summed E-state index contributed by atoms with van der Waals surface area (Å²) in [6.45, 7) is 12.6. The third-order valence-electron chi connectivity index (χ3n) is 6.16. The highest BCUT2D eigenvalue weighted by Gasteiger charge is 2.18. The van der Waals surface area contributed by atoms with Gasteiger partial charge in [-0.25, -0.2) is 0 Å². The number of nitrogens with zero attached hydrogens (tertiary/aromatic N) is 2. The molecule has 214 valence electrons. The summed E-state index contributed by atoms with van der Waals surface area (Å²) in [6.07, 6.45) is 5.91. The van der Waals surface area contributed by atoms with Gasteiger partial charge in [-0.15, -0.1) is 0 Å². The molecule has 0 fully saturated rings. The topological polar surface area (TPSA) is 83.1 Å². The number of amides is 1. The molecule has 0 aromatic carbocycles. The zero-order valence-corrected chi connectivity index (χ0v) is 24.3. The van der Waals surface area contributed by atoms with Gasteiger partial charge >= 0.3 is 0 Å². The molecule has 0 bridgehead atoms. The monoisotopic (exact) mass is 519 g/mol. The van der Waals surface area contributed by atoms with Gasteiger partial charge < -0.3 is 33.2 Å². The van der Waals surface area contributed by atoms with Crippen molar-refractivity contribution in [3.05, 3.63) is 0 Å². The molecule has 0 radical (unpaired) electrons. The van der Waals surface area contributed by atoms with E-state index in [1.54, 1.807) is 0 Å². The number of carbonyl (C=O) groups excluding carboxylic acids is 2. The first-order valence-corrected chi connectivity index (χ1v) is 13.8. The van der Waals surface area contributed by atoms with Gasteiger partial charge in [0.25, 0.3) is 0 Å². The number of ketones is 1. The Morgan fingerprint density at radius 2 is 1.06 bits per heavy atom. The largest absolute Gasteiger partial charge is 0.379 e. The zero-order valence-electron chi connectivity index (χ0n) is 24.3. The Morgan fingerprint density at radius 3 is 1.58 bits per heavy atom. The lowest BCUT2D eigenvalue weighted by Crippen LogP contribution is -2.44. The van der Waals surface area contributed by atoms with E-state index in [2.05, 4.69) is 33.5 Å². The van der Waals surface area contributed by atoms with Crippen molar-refractivity contribution in [3.8, 4) is 0 Å². The minimum absolute atomic E-state index is 0.0629. The highest BCUT2D eigenvalue weighted by molar-refractivity contribution is 5.79. The van der Waals surface area contributed by atoms with Crippen LogP contribution in [0.5, 0.6) is 0 Å². The van der Waals surface area contributed by atoms with E-state index < -0.39 is 0 Å². The second kappa shape index (κ2) is 21.9. The summed E-state index contributed by atoms with van der Waals surface area (Å²) in [5.41, 5.74) is 0. The summed E-state index contributed by atoms with van der Waals surface area (Å²) < 4.78 is 23.0. The second-order valence-corrected chi connectivity index (χ2v) is 10.7. The highest BCUT2D eigenvalue weighted by atomic mass is 16.5. The van der Waals surface area contributed by atoms with Crippen LogP contribution in [0, 0.1) is 0 Å². The van der Waals surface area contributed by atoms with E-state index in [9.17, 15) is 9.59 Å². The fourth-order valence-electron chi connectivity index (χ4n) is 3.90. The van der Waals surface area contributed by atoms with Crippen LogP contribution in [0.1, 0.15) is 52.4 Å². The molecule has 0 heterocycles. The van der Waals surface area contributed by atoms with Gasteiger partial charge in [0.15, 0.2) is 5.78 Å². The van der Waals surface area contributed by atoms with Crippen LogP contribution in [-0.2, 0) is 28.5 Å². The van der Waals surface area contributed by atoms with Gasteiger partial charge in [0.05, 0.1) is 80.8 Å². The van der Waals surface area contributed by atoms with E-state index >= 15 is 0 Å². The Hall–Kier alpha value is -1.10. The normalized spacial score (nSPS) is 12.2. The van der Waals surface area contributed by atoms with Gasteiger partial charge in [-0.2, -0.15) is 0 Å². The smallest absolute Gasteiger partial charge is 0.246 e. The van der Waals surface area contributed by atoms with Crippen LogP contribution in [0.3, 0.4) is 0 Å². The predicted octanol–water partition coefficient (Wildman–Crippen LogP) is 2.27. The first-order valence-electron chi connectivity index (χ1n) is 13.8. The fraction of sp³-hybridized carbons (Fsp3) is 0.926. The van der Waals surface area contributed by atoms with Crippen molar-refractivity contribution in [1.29, 1.82) is 0 Å². The van der Waals surface area contributed by atoms with E-state index in [1.807, 2.05) is 13.8 Å². The summed E-state index contributed by atoms with van der Waals surface area (Å²) in [7, 11) is 9.08. The molecule has 0 rings (SSSR count). The number of quaternary nitrogens is 2. The number of hydrogen-bond donors (Lipinski definition) is 1. The van der Waals surface area contributed by atoms with Crippen LogP contribution in [0.4, 0.5) is 0 Å². The Kier molecular flexibility index (Phi) is 21.3. The van der Waals surface area contributed by atoms with Crippen molar-refractivity contribution in [3.63, 3.8) is 0 Å². The molecule has 0 atom stereocenters. The van der Waals surface area contributed by atoms with Crippen molar-refractivity contribution >= 4 is 11.7 Å². The van der Waals surface area contributed by atoms with Gasteiger partial charge in [-0.3, -0.25) is 9.59 Å². The van der Waals surface area contributed by atoms with Crippen LogP contribution in [0.2, 0.25) is 0 Å². The lowest BCUT2D eigenvalue weighted by Gasteiger charge is -2.32. The maximum Gasteiger partial charge on any atom is 0.246 e. The fourth-order valence-corrected chi connectivity index (χ4v) is 3.90. The van der Waals surface area contributed by atoms with Gasteiger partial charge in [0.1, 0.15) is 13.2 Å². The lowest BCUT2D eigenvalue weighted by molar-refractivity contribution is -0.897. The summed E-state index contributed by atoms with van der Waals surface area (Å²) in [5, 5.41) is 2.93. The molecule has 0 unspecified atom stereocenters. The summed E-state index contributed by atoms with van der Waals surface area (Å²) in [4.78, 5) is 23.7. The molecule has 0 aliphatic carbocycles. The number of ether oxygens (including phenoxy) is 4. The number of carbonyl (C=O) groups is 2. The number of nitrogens with one attached hydrogen (secondary N) is 1. The Labute approximate surface area is 220 Å². The van der Waals surface area contributed by atoms with Crippen molar-refractivity contribution in [1.82, 2.24) is 5.32 Å². The van der Waals surface area contributed by atoms with E-state index in [-0.39, 0.29) is 24.9 Å². The number of rotatable bonds is 26. The van der Waals surface area contributed by atoms with Gasteiger partial charge in [0.2, 0.25) is 5.91 Å². The summed E-state index contributed by atoms with van der Waals surface area (Å²) in [6, 6.07) is 0. The van der Waals surface area contributed by atoms with Crippen LogP contribution in [-0.4, -0.2) is 134 Å². The Bertz CT molecular complexity index is 510. The quantitative estimate of drug-likeness (QED) is 0.139. The van der Waals surface area contributed by atoms with Gasteiger partial charge in [-0.05, 0) is 26.7 Å². The molecule has 0 saturated carbocycles. The van der Waals surface area contributed by atoms with Crippen LogP contribution in [0.25, 0.3) is 0 Å². The molecule has 0 aromatic rings. The van der Waals surface area contributed by atoms with E-state index in [1.165, 1.54) is 12.8 Å². The van der Waals surface area contributed by atoms with Crippen molar-refractivity contribution < 1.29 is 37.5 Å². The maximum absolute atomic E-state index is 11.9. The van der Waals surface area contributed by atoms with Crippen molar-refractivity contribution in [2.24, 2.45) is 0 Å². The van der Waals surface area contributed by atoms with Gasteiger partial charge in [0, 0.05) is 45.4 Å². The molecule has 36 heavy (non-hydrogen) atoms. The van der Waals surface area contributed by atoms with E-state index in [4.69, 9.17) is 18.9 Å². The Balaban J connectivity index is 3.78. The predicted molar refractivity (Wildman–Crippen MR) is 144 cm³/mol. The molecule has 1 amide bonds. The third-order valence-corrected chi connectivity index (χ3v) is 6.16. The Morgan fingerprint density at radius 1 is 0.611 bits per heavy atom. The molecule has 9 nitrogen and oxygen atoms in total. The molecule has 1 N–H and O–H groups in total. The maximum atomic E-state index is 11.9. The summed E-state index contributed by atoms with van der Waals surface area (Å²) in [5.74, 6) is 0.120.